The lowest BCUT2D eigenvalue weighted by atomic mass is 9.99. The van der Waals surface area contributed by atoms with Crippen LogP contribution in [0.25, 0.3) is 10.8 Å². The quantitative estimate of drug-likeness (QED) is 0.145. The third-order valence-electron chi connectivity index (χ3n) is 8.93. The number of likely N-dealkylation sites (N-methyl/N-ethyl adjacent to an activating group) is 1. The molecule has 0 radical (unpaired) electrons. The lowest BCUT2D eigenvalue weighted by Crippen LogP contribution is -2.50. The van der Waals surface area contributed by atoms with Crippen molar-refractivity contribution in [2.45, 2.75) is 30.9 Å². The van der Waals surface area contributed by atoms with E-state index in [1.165, 1.54) is 23.5 Å². The Morgan fingerprint density at radius 3 is 2.27 bits per heavy atom. The third kappa shape index (κ3) is 7.83. The number of carbonyl (C=O) groups excluding carboxylic acids is 2. The van der Waals surface area contributed by atoms with Crippen molar-refractivity contribution in [3.05, 3.63) is 121 Å². The Balaban J connectivity index is 1.27. The van der Waals surface area contributed by atoms with Crippen molar-refractivity contribution >= 4 is 44.1 Å². The highest BCUT2D eigenvalue weighted by Crippen LogP contribution is 2.36. The fraction of sp³-hybridized carbons (Fsp3) is 0.231. The van der Waals surface area contributed by atoms with Crippen molar-refractivity contribution in [2.24, 2.45) is 5.92 Å². The molecule has 0 saturated heterocycles. The molecule has 6 rings (SSSR count). The van der Waals surface area contributed by atoms with Crippen LogP contribution >= 0.6 is 0 Å². The third-order valence-corrected chi connectivity index (χ3v) is 10.8. The van der Waals surface area contributed by atoms with Crippen LogP contribution in [0.4, 0.5) is 16.2 Å². The summed E-state index contributed by atoms with van der Waals surface area (Å²) in [5.74, 6) is 0.463. The molecular weight excluding hydrogens is 669 g/mol. The first-order valence-corrected chi connectivity index (χ1v) is 18.1. The topological polar surface area (TPSA) is 138 Å². The molecule has 1 aliphatic heterocycles. The number of nitrogens with zero attached hydrogens (tertiary/aromatic N) is 2. The van der Waals surface area contributed by atoms with Crippen molar-refractivity contribution in [3.63, 3.8) is 0 Å². The Labute approximate surface area is 297 Å². The van der Waals surface area contributed by atoms with Gasteiger partial charge in [0.15, 0.2) is 5.75 Å². The number of fused-ring (bicyclic) bond motifs is 2. The molecule has 5 aromatic rings. The molecule has 3 amide bonds. The number of anilines is 2. The number of sulfonamides is 1. The van der Waals surface area contributed by atoms with Gasteiger partial charge in [0.1, 0.15) is 17.6 Å². The number of carbonyl (C=O) groups is 2. The number of urea groups is 1. The number of aliphatic hydroxyl groups is 1. The van der Waals surface area contributed by atoms with Gasteiger partial charge in [-0.25, -0.2) is 13.2 Å². The Morgan fingerprint density at radius 2 is 1.53 bits per heavy atom. The SMILES string of the molecule is C[C@@H]1CN([C@@H](C)CO)C(=O)c2cccc(NC(=O)Nc3cccc4ccccc34)c2O[C@H]1CN(C)S(=O)(=O)c1ccc(Oc2ccccc2)cc1. The highest BCUT2D eigenvalue weighted by atomic mass is 32.2. The van der Waals surface area contributed by atoms with Gasteiger partial charge in [0, 0.05) is 24.9 Å². The predicted molar refractivity (Wildman–Crippen MR) is 197 cm³/mol. The maximum absolute atomic E-state index is 13.9. The molecule has 0 aromatic heterocycles. The normalized spacial score (nSPS) is 16.8. The molecule has 0 unspecified atom stereocenters. The minimum absolute atomic E-state index is 0.0717. The number of rotatable bonds is 10. The lowest BCUT2D eigenvalue weighted by molar-refractivity contribution is 0.0389. The van der Waals surface area contributed by atoms with Crippen molar-refractivity contribution in [1.29, 1.82) is 0 Å². The second-order valence-electron chi connectivity index (χ2n) is 12.6. The number of amides is 3. The summed E-state index contributed by atoms with van der Waals surface area (Å²) in [6, 6.07) is 32.4. The molecule has 264 valence electrons. The van der Waals surface area contributed by atoms with E-state index in [0.29, 0.717) is 17.2 Å². The van der Waals surface area contributed by atoms with Crippen LogP contribution in [-0.4, -0.2) is 73.6 Å². The smallest absolute Gasteiger partial charge is 0.323 e. The van der Waals surface area contributed by atoms with E-state index in [1.54, 1.807) is 60.4 Å². The van der Waals surface area contributed by atoms with E-state index < -0.39 is 28.2 Å². The zero-order valence-corrected chi connectivity index (χ0v) is 29.3. The molecule has 5 aromatic carbocycles. The molecule has 12 heteroatoms. The first-order valence-electron chi connectivity index (χ1n) is 16.6. The van der Waals surface area contributed by atoms with E-state index in [4.69, 9.17) is 9.47 Å². The second-order valence-corrected chi connectivity index (χ2v) is 14.6. The van der Waals surface area contributed by atoms with Crippen molar-refractivity contribution in [2.75, 3.05) is 37.4 Å². The highest BCUT2D eigenvalue weighted by Gasteiger charge is 2.36. The molecule has 0 bridgehead atoms. The van der Waals surface area contributed by atoms with E-state index in [2.05, 4.69) is 10.6 Å². The first-order chi connectivity index (χ1) is 24.5. The van der Waals surface area contributed by atoms with Crippen molar-refractivity contribution in [3.8, 4) is 17.2 Å². The molecule has 0 saturated carbocycles. The maximum Gasteiger partial charge on any atom is 0.323 e. The molecule has 1 aliphatic rings. The van der Waals surface area contributed by atoms with Gasteiger partial charge >= 0.3 is 6.03 Å². The van der Waals surface area contributed by atoms with Gasteiger partial charge in [0.05, 0.1) is 41.0 Å². The summed E-state index contributed by atoms with van der Waals surface area (Å²) in [6.07, 6.45) is -0.755. The molecule has 3 atom stereocenters. The van der Waals surface area contributed by atoms with E-state index >= 15 is 0 Å². The van der Waals surface area contributed by atoms with E-state index in [9.17, 15) is 23.1 Å². The van der Waals surface area contributed by atoms with E-state index in [-0.39, 0.29) is 53.4 Å². The van der Waals surface area contributed by atoms with E-state index in [1.807, 2.05) is 61.5 Å². The molecule has 11 nitrogen and oxygen atoms in total. The number of aliphatic hydroxyl groups excluding tert-OH is 1. The van der Waals surface area contributed by atoms with E-state index in [0.717, 1.165) is 10.8 Å². The highest BCUT2D eigenvalue weighted by molar-refractivity contribution is 7.89. The van der Waals surface area contributed by atoms with Crippen LogP contribution in [0.2, 0.25) is 0 Å². The summed E-state index contributed by atoms with van der Waals surface area (Å²) in [6.45, 7) is 3.45. The Morgan fingerprint density at radius 1 is 0.902 bits per heavy atom. The minimum atomic E-state index is -3.98. The zero-order chi connectivity index (χ0) is 36.1. The molecule has 0 fully saturated rings. The molecule has 3 N–H and O–H groups in total. The fourth-order valence-electron chi connectivity index (χ4n) is 6.01. The molecular formula is C39H40N4O7S. The summed E-state index contributed by atoms with van der Waals surface area (Å²) in [7, 11) is -2.51. The minimum Gasteiger partial charge on any atom is -0.486 e. The standard InChI is InChI=1S/C39H40N4O7S/c1-26-23-43(27(2)25-44)38(45)33-16-10-18-35(41-39(46)40-34-17-9-12-28-11-7-8-15-32(28)34)37(33)50-36(26)24-42(3)51(47,48)31-21-19-30(20-22-31)49-29-13-5-4-6-14-29/h4-22,26-27,36,44H,23-25H2,1-3H3,(H2,40,41,46)/t26-,27+,36+/m1/s1. The van der Waals surface area contributed by atoms with Gasteiger partial charge in [-0.05, 0) is 66.9 Å². The molecule has 1 heterocycles. The summed E-state index contributed by atoms with van der Waals surface area (Å²) in [5, 5.41) is 17.6. The lowest BCUT2D eigenvalue weighted by Gasteiger charge is -2.38. The zero-order valence-electron chi connectivity index (χ0n) is 28.5. The maximum atomic E-state index is 13.9. The Kier molecular flexibility index (Phi) is 10.6. The van der Waals surface area contributed by atoms with Crippen molar-refractivity contribution < 1.29 is 32.6 Å². The van der Waals surface area contributed by atoms with Crippen LogP contribution in [0.15, 0.2) is 120 Å². The van der Waals surface area contributed by atoms with Gasteiger partial charge in [0.25, 0.3) is 5.91 Å². The van der Waals surface area contributed by atoms with Gasteiger partial charge in [0.2, 0.25) is 10.0 Å². The predicted octanol–water partition coefficient (Wildman–Crippen LogP) is 6.82. The number of hydrogen-bond acceptors (Lipinski definition) is 7. The number of para-hydroxylation sites is 2. The molecule has 0 aliphatic carbocycles. The largest absolute Gasteiger partial charge is 0.486 e. The fourth-order valence-corrected chi connectivity index (χ4v) is 7.19. The monoisotopic (exact) mass is 708 g/mol. The van der Waals surface area contributed by atoms with Gasteiger partial charge in [-0.2, -0.15) is 4.31 Å². The number of benzene rings is 5. The summed E-state index contributed by atoms with van der Waals surface area (Å²) in [5.41, 5.74) is 1.01. The van der Waals surface area contributed by atoms with Gasteiger partial charge in [-0.1, -0.05) is 67.6 Å². The number of hydrogen-bond donors (Lipinski definition) is 3. The van der Waals surface area contributed by atoms with Crippen LogP contribution in [0.3, 0.4) is 0 Å². The van der Waals surface area contributed by atoms with Crippen LogP contribution in [-0.2, 0) is 10.0 Å². The van der Waals surface area contributed by atoms with Crippen LogP contribution in [0.5, 0.6) is 17.2 Å². The molecule has 51 heavy (non-hydrogen) atoms. The number of ether oxygens (including phenoxy) is 2. The van der Waals surface area contributed by atoms with Crippen molar-refractivity contribution in [1.82, 2.24) is 9.21 Å². The Bertz CT molecular complexity index is 2120. The van der Waals surface area contributed by atoms with Gasteiger partial charge in [-0.3, -0.25) is 4.79 Å². The summed E-state index contributed by atoms with van der Waals surface area (Å²) in [4.78, 5) is 28.9. The van der Waals surface area contributed by atoms with Crippen LogP contribution in [0.1, 0.15) is 24.2 Å². The second kappa shape index (κ2) is 15.2. The van der Waals surface area contributed by atoms with Gasteiger partial charge in [-0.15, -0.1) is 0 Å². The average molecular weight is 709 g/mol. The first kappa shape index (κ1) is 35.4. The summed E-state index contributed by atoms with van der Waals surface area (Å²) >= 11 is 0. The summed E-state index contributed by atoms with van der Waals surface area (Å²) < 4.78 is 41.2. The van der Waals surface area contributed by atoms with Gasteiger partial charge < -0.3 is 30.1 Å². The average Bonchev–Trinajstić information content (AvgIpc) is 3.13. The molecule has 0 spiro atoms. The number of nitrogens with one attached hydrogen (secondary N) is 2. The van der Waals surface area contributed by atoms with Crippen LogP contribution in [0, 0.1) is 5.92 Å². The Hall–Kier alpha value is -5.43. The van der Waals surface area contributed by atoms with Crippen LogP contribution < -0.4 is 20.1 Å².